The Hall–Kier alpha value is -2.31. The predicted octanol–water partition coefficient (Wildman–Crippen LogP) is 2.12. The van der Waals surface area contributed by atoms with Gasteiger partial charge in [0.25, 0.3) is 0 Å². The summed E-state index contributed by atoms with van der Waals surface area (Å²) in [5, 5.41) is 12.0. The second-order valence-corrected chi connectivity index (χ2v) is 10.5. The first-order valence-corrected chi connectivity index (χ1v) is 12.6. The Morgan fingerprint density at radius 2 is 1.88 bits per heavy atom. The Morgan fingerprint density at radius 1 is 1.15 bits per heavy atom. The molecule has 0 spiro atoms. The van der Waals surface area contributed by atoms with Gasteiger partial charge in [0.2, 0.25) is 0 Å². The van der Waals surface area contributed by atoms with Crippen LogP contribution in [0.3, 0.4) is 0 Å². The summed E-state index contributed by atoms with van der Waals surface area (Å²) in [6.07, 6.45) is 3.59. The fourth-order valence-electron chi connectivity index (χ4n) is 5.16. The van der Waals surface area contributed by atoms with E-state index < -0.39 is 16.1 Å². The molecule has 11 heteroatoms. The van der Waals surface area contributed by atoms with E-state index in [9.17, 15) is 8.42 Å². The van der Waals surface area contributed by atoms with Gasteiger partial charge in [-0.15, -0.1) is 0 Å². The van der Waals surface area contributed by atoms with E-state index >= 15 is 0 Å². The fraction of sp³-hybridized carbons (Fsp3) is 0.545. The van der Waals surface area contributed by atoms with E-state index in [0.717, 1.165) is 18.7 Å². The summed E-state index contributed by atoms with van der Waals surface area (Å²) in [4.78, 5) is 8.77. The monoisotopic (exact) mass is 475 g/mol. The number of nitrogens with two attached hydrogens (primary N) is 1. The number of hydrogen-bond acceptors (Lipinski definition) is 9. The first kappa shape index (κ1) is 22.5. The van der Waals surface area contributed by atoms with Crippen molar-refractivity contribution >= 4 is 21.9 Å². The Kier molecular flexibility index (Phi) is 5.78. The molecule has 0 bridgehead atoms. The van der Waals surface area contributed by atoms with Gasteiger partial charge in [-0.25, -0.2) is 15.1 Å². The molecular formula is C22H29N5O5S. The van der Waals surface area contributed by atoms with Crippen LogP contribution in [0.5, 0.6) is 0 Å². The molecule has 1 aromatic carbocycles. The van der Waals surface area contributed by atoms with Crippen LogP contribution in [-0.4, -0.2) is 49.0 Å². The smallest absolute Gasteiger partial charge is 0.333 e. The molecule has 1 aliphatic heterocycles. The third-order valence-electron chi connectivity index (χ3n) is 6.48. The highest BCUT2D eigenvalue weighted by Crippen LogP contribution is 2.43. The summed E-state index contributed by atoms with van der Waals surface area (Å²) >= 11 is 0. The molecule has 0 amide bonds. The number of nitrogens with one attached hydrogen (secondary N) is 2. The van der Waals surface area contributed by atoms with E-state index in [1.807, 2.05) is 19.9 Å². The topological polar surface area (TPSA) is 138 Å². The number of fused-ring (bicyclic) bond motifs is 2. The molecule has 1 saturated carbocycles. The van der Waals surface area contributed by atoms with Crippen molar-refractivity contribution in [2.24, 2.45) is 11.1 Å². The van der Waals surface area contributed by atoms with E-state index in [0.29, 0.717) is 12.2 Å². The molecule has 2 fully saturated rings. The number of hydrogen-bond donors (Lipinski definition) is 3. The van der Waals surface area contributed by atoms with Gasteiger partial charge >= 0.3 is 10.3 Å². The normalized spacial score (nSPS) is 30.1. The molecule has 33 heavy (non-hydrogen) atoms. The van der Waals surface area contributed by atoms with Crippen molar-refractivity contribution in [1.82, 2.24) is 9.97 Å². The van der Waals surface area contributed by atoms with Crippen molar-refractivity contribution < 1.29 is 22.1 Å². The highest BCUT2D eigenvalue weighted by Gasteiger charge is 2.54. The number of benzene rings is 1. The maximum atomic E-state index is 11.3. The van der Waals surface area contributed by atoms with Crippen molar-refractivity contribution in [3.63, 3.8) is 0 Å². The molecule has 2 aliphatic carbocycles. The maximum Gasteiger partial charge on any atom is 0.333 e. The lowest BCUT2D eigenvalue weighted by atomic mass is 10.1. The van der Waals surface area contributed by atoms with Crippen LogP contribution >= 0.6 is 0 Å². The average molecular weight is 476 g/mol. The molecule has 5 atom stereocenters. The van der Waals surface area contributed by atoms with E-state index in [1.165, 1.54) is 17.5 Å². The summed E-state index contributed by atoms with van der Waals surface area (Å²) < 4.78 is 39.6. The van der Waals surface area contributed by atoms with E-state index in [4.69, 9.17) is 18.8 Å². The molecule has 5 rings (SSSR count). The Labute approximate surface area is 193 Å². The summed E-state index contributed by atoms with van der Waals surface area (Å²) in [6, 6.07) is 10.4. The molecule has 2 heterocycles. The SMILES string of the molecule is CC1(C)O[C@@H]2[C@H](O1)C(COS(N)(=O)=O)C[C@H]2Nc1cc(N[C@H]2CCc3ccccc32)ncn1. The minimum Gasteiger partial charge on any atom is -0.364 e. The van der Waals surface area contributed by atoms with Crippen LogP contribution in [0.25, 0.3) is 0 Å². The molecule has 10 nitrogen and oxygen atoms in total. The first-order chi connectivity index (χ1) is 15.7. The van der Waals surface area contributed by atoms with Gasteiger partial charge in [0.05, 0.1) is 24.8 Å². The summed E-state index contributed by atoms with van der Waals surface area (Å²) in [7, 11) is -4.03. The molecule has 1 aromatic heterocycles. The van der Waals surface area contributed by atoms with Gasteiger partial charge in [-0.1, -0.05) is 24.3 Å². The minimum absolute atomic E-state index is 0.0602. The van der Waals surface area contributed by atoms with Gasteiger partial charge in [0.15, 0.2) is 5.79 Å². The number of nitrogens with zero attached hydrogens (tertiary/aromatic N) is 2. The zero-order chi connectivity index (χ0) is 23.2. The van der Waals surface area contributed by atoms with Gasteiger partial charge in [-0.05, 0) is 44.2 Å². The molecule has 3 aliphatic rings. The second kappa shape index (κ2) is 8.48. The summed E-state index contributed by atoms with van der Waals surface area (Å²) in [5.41, 5.74) is 2.67. The zero-order valence-electron chi connectivity index (χ0n) is 18.6. The quantitative estimate of drug-likeness (QED) is 0.550. The van der Waals surface area contributed by atoms with Crippen LogP contribution in [-0.2, 0) is 30.4 Å². The molecule has 4 N–H and O–H groups in total. The fourth-order valence-corrected chi connectivity index (χ4v) is 5.53. The maximum absolute atomic E-state index is 11.3. The van der Waals surface area contributed by atoms with Crippen molar-refractivity contribution in [2.75, 3.05) is 17.2 Å². The third-order valence-corrected chi connectivity index (χ3v) is 6.95. The van der Waals surface area contributed by atoms with Crippen LogP contribution in [0, 0.1) is 5.92 Å². The zero-order valence-corrected chi connectivity index (χ0v) is 19.4. The van der Waals surface area contributed by atoms with Crippen molar-refractivity contribution in [3.8, 4) is 0 Å². The number of ether oxygens (including phenoxy) is 2. The van der Waals surface area contributed by atoms with Gasteiger partial charge in [0, 0.05) is 12.0 Å². The summed E-state index contributed by atoms with van der Waals surface area (Å²) in [6.45, 7) is 3.62. The number of anilines is 2. The lowest BCUT2D eigenvalue weighted by molar-refractivity contribution is -0.158. The average Bonchev–Trinajstić information content (AvgIpc) is 3.38. The third kappa shape index (κ3) is 4.97. The lowest BCUT2D eigenvalue weighted by Crippen LogP contribution is -2.34. The largest absolute Gasteiger partial charge is 0.364 e. The number of aryl methyl sites for hydroxylation is 1. The highest BCUT2D eigenvalue weighted by molar-refractivity contribution is 7.84. The van der Waals surface area contributed by atoms with Crippen LogP contribution in [0.1, 0.15) is 43.9 Å². The van der Waals surface area contributed by atoms with Crippen LogP contribution < -0.4 is 15.8 Å². The second-order valence-electron chi connectivity index (χ2n) is 9.31. The van der Waals surface area contributed by atoms with E-state index in [2.05, 4.69) is 44.9 Å². The van der Waals surface area contributed by atoms with Gasteiger partial charge in [-0.3, -0.25) is 4.18 Å². The first-order valence-electron chi connectivity index (χ1n) is 11.1. The Bertz CT molecular complexity index is 1130. The Balaban J connectivity index is 1.29. The molecule has 1 saturated heterocycles. The predicted molar refractivity (Wildman–Crippen MR) is 122 cm³/mol. The van der Waals surface area contributed by atoms with Gasteiger partial charge in [-0.2, -0.15) is 8.42 Å². The van der Waals surface area contributed by atoms with Crippen molar-refractivity contribution in [1.29, 1.82) is 0 Å². The van der Waals surface area contributed by atoms with Crippen LogP contribution in [0.15, 0.2) is 36.7 Å². The van der Waals surface area contributed by atoms with Crippen molar-refractivity contribution in [3.05, 3.63) is 47.8 Å². The summed E-state index contributed by atoms with van der Waals surface area (Å²) in [5.74, 6) is 0.427. The lowest BCUT2D eigenvalue weighted by Gasteiger charge is -2.24. The standard InChI is InChI=1S/C22H29N5O5S/c1-22(2)31-20-14(11-30-33(23,28)29)9-17(21(20)32-22)27-19-10-18(24-12-25-19)26-16-8-7-13-5-3-4-6-15(13)16/h3-6,10,12,14,16-17,20-21H,7-9,11H2,1-2H3,(H2,23,28,29)(H2,24,25,26,27)/t14?,16-,17+,20+,21-/m0/s1. The molecular weight excluding hydrogens is 446 g/mol. The van der Waals surface area contributed by atoms with E-state index in [1.54, 1.807) is 0 Å². The van der Waals surface area contributed by atoms with Crippen molar-refractivity contribution in [2.45, 2.75) is 63.2 Å². The van der Waals surface area contributed by atoms with Crippen LogP contribution in [0.4, 0.5) is 11.6 Å². The van der Waals surface area contributed by atoms with E-state index in [-0.39, 0.29) is 36.8 Å². The highest BCUT2D eigenvalue weighted by atomic mass is 32.2. The van der Waals surface area contributed by atoms with Gasteiger partial charge in [0.1, 0.15) is 24.1 Å². The molecule has 0 radical (unpaired) electrons. The van der Waals surface area contributed by atoms with Gasteiger partial charge < -0.3 is 20.1 Å². The molecule has 1 unspecified atom stereocenters. The number of aromatic nitrogens is 2. The molecule has 178 valence electrons. The number of rotatable bonds is 7. The molecule has 2 aromatic rings. The van der Waals surface area contributed by atoms with Crippen LogP contribution in [0.2, 0.25) is 0 Å². The Morgan fingerprint density at radius 3 is 2.67 bits per heavy atom. The minimum atomic E-state index is -4.03.